The number of carbonyl (C=O) groups is 1. The Kier molecular flexibility index (Phi) is 4.69. The van der Waals surface area contributed by atoms with Gasteiger partial charge >= 0.3 is 0 Å². The van der Waals surface area contributed by atoms with Crippen LogP contribution in [0.15, 0.2) is 28.9 Å². The lowest BCUT2D eigenvalue weighted by atomic mass is 10.2. The largest absolute Gasteiger partial charge is 0.399 e. The summed E-state index contributed by atoms with van der Waals surface area (Å²) in [6.45, 7) is 0. The van der Waals surface area contributed by atoms with Crippen molar-refractivity contribution in [3.8, 4) is 0 Å². The predicted octanol–water partition coefficient (Wildman–Crippen LogP) is 2.38. The van der Waals surface area contributed by atoms with Gasteiger partial charge in [0.25, 0.3) is 0 Å². The fourth-order valence-electron chi connectivity index (χ4n) is 1.31. The van der Waals surface area contributed by atoms with Crippen molar-refractivity contribution < 1.29 is 9.18 Å². The maximum absolute atomic E-state index is 13.4. The Hall–Kier alpha value is -1.67. The van der Waals surface area contributed by atoms with Gasteiger partial charge in [-0.3, -0.25) is 4.79 Å². The topological polar surface area (TPSA) is 80.9 Å². The molecule has 0 saturated heterocycles. The fraction of sp³-hybridized carbons (Fsp3) is 0.182. The molecule has 0 aliphatic carbocycles. The molecule has 5 nitrogen and oxygen atoms in total. The van der Waals surface area contributed by atoms with E-state index in [1.807, 2.05) is 0 Å². The number of aromatic nitrogens is 2. The minimum atomic E-state index is -0.501. The van der Waals surface area contributed by atoms with E-state index in [1.54, 1.807) is 0 Å². The van der Waals surface area contributed by atoms with Crippen molar-refractivity contribution in [1.82, 2.24) is 9.36 Å². The normalized spacial score (nSPS) is 10.4. The first-order chi connectivity index (χ1) is 9.15. The molecule has 0 aliphatic heterocycles. The molecule has 8 heteroatoms. The molecule has 1 amide bonds. The number of rotatable bonds is 5. The maximum Gasteiger partial charge on any atom is 0.225 e. The van der Waals surface area contributed by atoms with Gasteiger partial charge in [-0.15, -0.1) is 0 Å². The number of anilines is 2. The van der Waals surface area contributed by atoms with Gasteiger partial charge in [0.1, 0.15) is 12.1 Å². The Balaban J connectivity index is 1.82. The van der Waals surface area contributed by atoms with Gasteiger partial charge in [0.05, 0.1) is 5.69 Å². The molecule has 2 rings (SSSR count). The summed E-state index contributed by atoms with van der Waals surface area (Å²) in [5.74, 6) is -0.203. The summed E-state index contributed by atoms with van der Waals surface area (Å²) in [7, 11) is 0. The SMILES string of the molecule is Nc1ccc(F)c(NC(=O)CCSc2ncns2)c1. The second kappa shape index (κ2) is 6.48. The van der Waals surface area contributed by atoms with E-state index < -0.39 is 5.82 Å². The van der Waals surface area contributed by atoms with E-state index in [2.05, 4.69) is 14.7 Å². The van der Waals surface area contributed by atoms with Crippen molar-refractivity contribution in [2.45, 2.75) is 10.8 Å². The van der Waals surface area contributed by atoms with Crippen LogP contribution in [0.2, 0.25) is 0 Å². The third-order valence-corrected chi connectivity index (χ3v) is 3.96. The van der Waals surface area contributed by atoms with Crippen molar-refractivity contribution >= 4 is 40.6 Å². The Bertz CT molecular complexity index is 562. The highest BCUT2D eigenvalue weighted by atomic mass is 32.2. The molecule has 1 aromatic carbocycles. The van der Waals surface area contributed by atoms with Crippen molar-refractivity contribution in [3.63, 3.8) is 0 Å². The van der Waals surface area contributed by atoms with Crippen molar-refractivity contribution in [1.29, 1.82) is 0 Å². The van der Waals surface area contributed by atoms with E-state index in [1.165, 1.54) is 47.8 Å². The second-order valence-corrected chi connectivity index (χ2v) is 5.72. The molecule has 0 aliphatic rings. The highest BCUT2D eigenvalue weighted by molar-refractivity contribution is 8.00. The molecule has 19 heavy (non-hydrogen) atoms. The summed E-state index contributed by atoms with van der Waals surface area (Å²) >= 11 is 2.72. The van der Waals surface area contributed by atoms with Gasteiger partial charge in [-0.2, -0.15) is 4.37 Å². The van der Waals surface area contributed by atoms with Gasteiger partial charge in [0, 0.05) is 17.9 Å². The number of benzene rings is 1. The molecule has 100 valence electrons. The molecular formula is C11H11FN4OS2. The van der Waals surface area contributed by atoms with Crippen molar-refractivity contribution in [2.75, 3.05) is 16.8 Å². The predicted molar refractivity (Wildman–Crippen MR) is 74.7 cm³/mol. The summed E-state index contributed by atoms with van der Waals surface area (Å²) in [6.07, 6.45) is 1.73. The molecule has 3 N–H and O–H groups in total. The van der Waals surface area contributed by atoms with Crippen LogP contribution in [0.3, 0.4) is 0 Å². The lowest BCUT2D eigenvalue weighted by molar-refractivity contribution is -0.115. The first kappa shape index (κ1) is 13.8. The molecule has 0 radical (unpaired) electrons. The number of thioether (sulfide) groups is 1. The standard InChI is InChI=1S/C11H11FN4OS2/c12-8-2-1-7(13)5-9(8)16-10(17)3-4-18-11-14-6-15-19-11/h1-2,5-6H,3-4,13H2,(H,16,17). The summed E-state index contributed by atoms with van der Waals surface area (Å²) in [4.78, 5) is 15.6. The number of nitrogen functional groups attached to an aromatic ring is 1. The van der Waals surface area contributed by atoms with Gasteiger partial charge < -0.3 is 11.1 Å². The van der Waals surface area contributed by atoms with Gasteiger partial charge in [-0.25, -0.2) is 9.37 Å². The van der Waals surface area contributed by atoms with E-state index in [4.69, 9.17) is 5.73 Å². The zero-order chi connectivity index (χ0) is 13.7. The molecule has 2 aromatic rings. The molecule has 0 saturated carbocycles. The molecule has 0 spiro atoms. The monoisotopic (exact) mass is 298 g/mol. The summed E-state index contributed by atoms with van der Waals surface area (Å²) in [6, 6.07) is 4.06. The van der Waals surface area contributed by atoms with Gasteiger partial charge in [-0.1, -0.05) is 11.8 Å². The third-order valence-electron chi connectivity index (χ3n) is 2.16. The number of nitrogens with zero attached hydrogens (tertiary/aromatic N) is 2. The zero-order valence-electron chi connectivity index (χ0n) is 9.80. The van der Waals surface area contributed by atoms with E-state index in [9.17, 15) is 9.18 Å². The number of carbonyl (C=O) groups excluding carboxylic acids is 1. The van der Waals surface area contributed by atoms with Crippen molar-refractivity contribution in [3.05, 3.63) is 30.3 Å². The van der Waals surface area contributed by atoms with E-state index >= 15 is 0 Å². The summed E-state index contributed by atoms with van der Waals surface area (Å²) < 4.78 is 18.0. The van der Waals surface area contributed by atoms with Crippen LogP contribution in [0.5, 0.6) is 0 Å². The average Bonchev–Trinajstić information content (AvgIpc) is 2.87. The third kappa shape index (κ3) is 4.18. The Labute approximate surface area is 117 Å². The van der Waals surface area contributed by atoms with Gasteiger partial charge in [0.2, 0.25) is 5.91 Å². The maximum atomic E-state index is 13.4. The van der Waals surface area contributed by atoms with Gasteiger partial charge in [-0.05, 0) is 29.7 Å². The number of nitrogens with one attached hydrogen (secondary N) is 1. The van der Waals surface area contributed by atoms with Crippen LogP contribution in [0.25, 0.3) is 0 Å². The second-order valence-electron chi connectivity index (χ2n) is 3.59. The average molecular weight is 298 g/mol. The van der Waals surface area contributed by atoms with Crippen molar-refractivity contribution in [2.24, 2.45) is 0 Å². The number of nitrogens with two attached hydrogens (primary N) is 1. The molecule has 0 unspecified atom stereocenters. The Morgan fingerprint density at radius 1 is 1.53 bits per heavy atom. The minimum Gasteiger partial charge on any atom is -0.399 e. The van der Waals surface area contributed by atoms with E-state index in [0.717, 1.165) is 4.34 Å². The van der Waals surface area contributed by atoms with Crippen LogP contribution in [-0.2, 0) is 4.79 Å². The van der Waals surface area contributed by atoms with Crippen LogP contribution in [0.1, 0.15) is 6.42 Å². The molecule has 0 fully saturated rings. The van der Waals surface area contributed by atoms with Crippen LogP contribution in [0.4, 0.5) is 15.8 Å². The zero-order valence-corrected chi connectivity index (χ0v) is 11.4. The summed E-state index contributed by atoms with van der Waals surface area (Å²) in [5, 5.41) is 2.49. The number of halogens is 1. The molecule has 1 heterocycles. The Morgan fingerprint density at radius 3 is 3.11 bits per heavy atom. The molecular weight excluding hydrogens is 287 g/mol. The molecule has 0 atom stereocenters. The fourth-order valence-corrected chi connectivity index (χ4v) is 2.76. The minimum absolute atomic E-state index is 0.103. The first-order valence-electron chi connectivity index (χ1n) is 5.39. The summed E-state index contributed by atoms with van der Waals surface area (Å²) in [5.41, 5.74) is 6.04. The Morgan fingerprint density at radius 2 is 2.37 bits per heavy atom. The van der Waals surface area contributed by atoms with E-state index in [-0.39, 0.29) is 18.0 Å². The van der Waals surface area contributed by atoms with E-state index in [0.29, 0.717) is 11.4 Å². The van der Waals surface area contributed by atoms with Crippen LogP contribution >= 0.6 is 23.3 Å². The smallest absolute Gasteiger partial charge is 0.225 e. The number of hydrogen-bond donors (Lipinski definition) is 2. The van der Waals surface area contributed by atoms with Crippen LogP contribution < -0.4 is 11.1 Å². The lowest BCUT2D eigenvalue weighted by Crippen LogP contribution is -2.13. The number of hydrogen-bond acceptors (Lipinski definition) is 6. The molecule has 0 bridgehead atoms. The lowest BCUT2D eigenvalue weighted by Gasteiger charge is -2.06. The van der Waals surface area contributed by atoms with Gasteiger partial charge in [0.15, 0.2) is 4.34 Å². The molecule has 1 aromatic heterocycles. The highest BCUT2D eigenvalue weighted by Gasteiger charge is 2.08. The number of amides is 1. The van der Waals surface area contributed by atoms with Crippen LogP contribution in [0, 0.1) is 5.82 Å². The van der Waals surface area contributed by atoms with Crippen LogP contribution in [-0.4, -0.2) is 21.0 Å². The quantitative estimate of drug-likeness (QED) is 0.654. The highest BCUT2D eigenvalue weighted by Crippen LogP contribution is 2.20. The first-order valence-corrected chi connectivity index (χ1v) is 7.15.